The Bertz CT molecular complexity index is 1310. The van der Waals surface area contributed by atoms with Crippen molar-refractivity contribution in [2.45, 2.75) is 152 Å². The van der Waals surface area contributed by atoms with E-state index >= 15 is 0 Å². The molecule has 1 saturated carbocycles. The number of aliphatic hydroxyl groups excluding tert-OH is 3. The number of nitrogens with two attached hydrogens (primary N) is 3. The average Bonchev–Trinajstić information content (AvgIpc) is 3.05. The van der Waals surface area contributed by atoms with Crippen LogP contribution in [0.5, 0.6) is 0 Å². The first kappa shape index (κ1) is 46.5. The number of alkyl carbamates (subject to hydrolysis) is 1. The maximum Gasteiger partial charge on any atom is 0.410 e. The molecule has 3 rings (SSSR count). The highest BCUT2D eigenvalue weighted by Crippen LogP contribution is 2.34. The van der Waals surface area contributed by atoms with Gasteiger partial charge in [0.15, 0.2) is 6.29 Å². The molecular formula is C35H65N7O13. The number of hydrogen-bond acceptors (Lipinski definition) is 17. The molecule has 1 saturated heterocycles. The van der Waals surface area contributed by atoms with E-state index in [1.54, 1.807) is 41.5 Å². The lowest BCUT2D eigenvalue weighted by atomic mass is 9.83. The van der Waals surface area contributed by atoms with Gasteiger partial charge in [0, 0.05) is 13.1 Å². The molecule has 55 heavy (non-hydrogen) atoms. The summed E-state index contributed by atoms with van der Waals surface area (Å²) in [6, 6.07) is -4.03. The quantitative estimate of drug-likeness (QED) is 0.0837. The number of rotatable bonds is 14. The number of hydrogen-bond donors (Lipinski definition) is 10. The number of carbonyl (C=O) groups excluding carboxylic acids is 3. The summed E-state index contributed by atoms with van der Waals surface area (Å²) in [4.78, 5) is 39.5. The van der Waals surface area contributed by atoms with Crippen molar-refractivity contribution in [3.63, 3.8) is 0 Å². The second kappa shape index (κ2) is 19.5. The molecule has 1 aliphatic carbocycles. The zero-order chi connectivity index (χ0) is 41.5. The average molecular weight is 792 g/mol. The number of carbonyl (C=O) groups is 3. The van der Waals surface area contributed by atoms with Gasteiger partial charge in [-0.25, -0.2) is 9.59 Å². The van der Waals surface area contributed by atoms with Crippen molar-refractivity contribution in [3.8, 4) is 0 Å². The van der Waals surface area contributed by atoms with Crippen molar-refractivity contribution in [2.24, 2.45) is 17.2 Å². The van der Waals surface area contributed by atoms with Gasteiger partial charge in [-0.15, -0.1) is 0 Å². The fraction of sp³-hybridized carbons (Fsp3) is 0.857. The zero-order valence-electron chi connectivity index (χ0n) is 33.2. The van der Waals surface area contributed by atoms with Crippen LogP contribution in [0, 0.1) is 0 Å². The molecule has 20 heteroatoms. The number of likely N-dealkylation sites (N-methyl/N-ethyl adjacent to an activating group) is 1. The molecule has 318 valence electrons. The summed E-state index contributed by atoms with van der Waals surface area (Å²) in [5, 5.41) is 53.5. The number of nitrogens with one attached hydrogen (secondary N) is 3. The summed E-state index contributed by atoms with van der Waals surface area (Å²) in [5.74, 6) is -0.376. The van der Waals surface area contributed by atoms with Gasteiger partial charge in [0.05, 0.1) is 37.8 Å². The van der Waals surface area contributed by atoms with Crippen LogP contribution in [0.25, 0.3) is 0 Å². The summed E-state index contributed by atoms with van der Waals surface area (Å²) in [6.45, 7) is 12.0. The topological polar surface area (TPSA) is 305 Å². The van der Waals surface area contributed by atoms with Crippen LogP contribution in [0.3, 0.4) is 0 Å². The molecule has 3 aliphatic rings. The Morgan fingerprint density at radius 2 is 1.65 bits per heavy atom. The Hall–Kier alpha value is -2.89. The molecule has 2 fully saturated rings. The smallest absolute Gasteiger partial charge is 0.410 e. The van der Waals surface area contributed by atoms with Gasteiger partial charge < -0.3 is 86.9 Å². The predicted molar refractivity (Wildman–Crippen MR) is 197 cm³/mol. The lowest BCUT2D eigenvalue weighted by molar-refractivity contribution is -0.310. The van der Waals surface area contributed by atoms with Crippen LogP contribution in [0.4, 0.5) is 9.59 Å². The summed E-state index contributed by atoms with van der Waals surface area (Å²) in [5.41, 5.74) is 15.0. The molecular weight excluding hydrogens is 726 g/mol. The molecule has 20 nitrogen and oxygen atoms in total. The maximum atomic E-state index is 13.3. The summed E-state index contributed by atoms with van der Waals surface area (Å²) in [6.07, 6.45) is -9.10. The molecule has 0 bridgehead atoms. The fourth-order valence-electron chi connectivity index (χ4n) is 6.42. The number of ether oxygens (including phenoxy) is 6. The van der Waals surface area contributed by atoms with Crippen molar-refractivity contribution in [1.82, 2.24) is 20.9 Å². The van der Waals surface area contributed by atoms with Crippen molar-refractivity contribution >= 4 is 18.1 Å². The van der Waals surface area contributed by atoms with E-state index in [0.29, 0.717) is 31.8 Å². The lowest BCUT2D eigenvalue weighted by Gasteiger charge is -2.50. The van der Waals surface area contributed by atoms with Crippen molar-refractivity contribution < 1.29 is 63.2 Å². The van der Waals surface area contributed by atoms with Crippen LogP contribution in [-0.4, -0.2) is 167 Å². The van der Waals surface area contributed by atoms with Gasteiger partial charge in [0.2, 0.25) is 6.29 Å². The monoisotopic (exact) mass is 791 g/mol. The Kier molecular flexibility index (Phi) is 16.5. The minimum atomic E-state index is -1.78. The van der Waals surface area contributed by atoms with Gasteiger partial charge in [-0.1, -0.05) is 0 Å². The molecule has 2 heterocycles. The first-order valence-electron chi connectivity index (χ1n) is 18.6. The SMILES string of the molecule is CN(C(=O)OC(C)(C)C)[C@@H]1[C@@H](O)[C@@H](O[C@@H]2[C@@H](O)[C@H](O[C@H]3OC(CNCCCN)=CC[C@H]3N)[C@@H](N)C[C@H]2NC(=O)[C@@H](O)CNC(=O)OC(C)(C)C)OC[C@]1(C)O. The van der Waals surface area contributed by atoms with Gasteiger partial charge in [-0.3, -0.25) is 4.79 Å². The standard InChI is InChI=1S/C35H65N7O13/c1-33(2,3)54-31(47)40-16-22(43)28(46)41-21-14-20(38)25(52-29-19(37)11-10-18(51-29)15-39-13-9-12-36)23(44)26(21)53-30-24(45)27(35(7,49)17-50-30)42(8)32(48)55-34(4,5)6/h10,19-27,29-30,39,43-45,49H,9,11-17,36-38H2,1-8H3,(H,40,47)(H,41,46)/t19-,20+,21-,22+,23+,24-,25-,26+,27-,29-,30-,35+/m1/s1. The Morgan fingerprint density at radius 3 is 2.27 bits per heavy atom. The predicted octanol–water partition coefficient (Wildman–Crippen LogP) is -2.18. The molecule has 2 aliphatic heterocycles. The highest BCUT2D eigenvalue weighted by Gasteiger charge is 2.54. The summed E-state index contributed by atoms with van der Waals surface area (Å²) < 4.78 is 34.8. The summed E-state index contributed by atoms with van der Waals surface area (Å²) >= 11 is 0. The van der Waals surface area contributed by atoms with Gasteiger partial charge in [-0.2, -0.15) is 0 Å². The Balaban J connectivity index is 1.85. The first-order chi connectivity index (χ1) is 25.4. The van der Waals surface area contributed by atoms with Crippen LogP contribution < -0.4 is 33.2 Å². The van der Waals surface area contributed by atoms with E-state index in [9.17, 15) is 34.8 Å². The number of aliphatic hydroxyl groups is 4. The van der Waals surface area contributed by atoms with Crippen molar-refractivity contribution in [2.75, 3.05) is 39.8 Å². The number of amides is 3. The van der Waals surface area contributed by atoms with E-state index in [1.807, 2.05) is 6.08 Å². The van der Waals surface area contributed by atoms with E-state index in [-0.39, 0.29) is 6.42 Å². The molecule has 0 aromatic heterocycles. The number of nitrogens with zero attached hydrogens (tertiary/aromatic N) is 1. The molecule has 0 aromatic rings. The highest BCUT2D eigenvalue weighted by atomic mass is 16.7. The normalized spacial score (nSPS) is 33.4. The second-order valence-electron chi connectivity index (χ2n) is 16.5. The molecule has 12 atom stereocenters. The van der Waals surface area contributed by atoms with E-state index in [1.165, 1.54) is 14.0 Å². The van der Waals surface area contributed by atoms with Gasteiger partial charge >= 0.3 is 12.2 Å². The highest BCUT2D eigenvalue weighted by molar-refractivity contribution is 5.81. The van der Waals surface area contributed by atoms with Crippen molar-refractivity contribution in [1.29, 1.82) is 0 Å². The van der Waals surface area contributed by atoms with Crippen LogP contribution >= 0.6 is 0 Å². The van der Waals surface area contributed by atoms with E-state index in [4.69, 9.17) is 45.6 Å². The minimum Gasteiger partial charge on any atom is -0.467 e. The van der Waals surface area contributed by atoms with E-state index < -0.39 is 115 Å². The third-order valence-corrected chi connectivity index (χ3v) is 9.04. The maximum absolute atomic E-state index is 13.3. The van der Waals surface area contributed by atoms with Gasteiger partial charge in [-0.05, 0) is 86.9 Å². The third-order valence-electron chi connectivity index (χ3n) is 9.04. The zero-order valence-corrected chi connectivity index (χ0v) is 33.2. The van der Waals surface area contributed by atoms with Crippen molar-refractivity contribution in [3.05, 3.63) is 11.8 Å². The van der Waals surface area contributed by atoms with Crippen LogP contribution in [0.2, 0.25) is 0 Å². The Labute approximate surface area is 322 Å². The molecule has 0 radical (unpaired) electrons. The van der Waals surface area contributed by atoms with E-state index in [0.717, 1.165) is 11.3 Å². The third kappa shape index (κ3) is 13.6. The second-order valence-corrected chi connectivity index (χ2v) is 16.5. The molecule has 0 unspecified atom stereocenters. The largest absolute Gasteiger partial charge is 0.467 e. The van der Waals surface area contributed by atoms with Crippen LogP contribution in [0.1, 0.15) is 67.7 Å². The Morgan fingerprint density at radius 1 is 1.02 bits per heavy atom. The molecule has 3 amide bonds. The molecule has 0 spiro atoms. The molecule has 13 N–H and O–H groups in total. The summed E-state index contributed by atoms with van der Waals surface area (Å²) in [7, 11) is 1.34. The minimum absolute atomic E-state index is 0.0859. The van der Waals surface area contributed by atoms with Gasteiger partial charge in [0.1, 0.15) is 53.1 Å². The van der Waals surface area contributed by atoms with Crippen LogP contribution in [0.15, 0.2) is 11.8 Å². The lowest BCUT2D eigenvalue weighted by Crippen LogP contribution is -2.70. The first-order valence-corrected chi connectivity index (χ1v) is 18.6. The molecule has 0 aromatic carbocycles. The van der Waals surface area contributed by atoms with Gasteiger partial charge in [0.25, 0.3) is 5.91 Å². The van der Waals surface area contributed by atoms with Crippen LogP contribution in [-0.2, 0) is 33.2 Å². The van der Waals surface area contributed by atoms with E-state index in [2.05, 4.69) is 16.0 Å². The fourth-order valence-corrected chi connectivity index (χ4v) is 6.42.